The molecule has 28 heavy (non-hydrogen) atoms. The van der Waals surface area contributed by atoms with Crippen LogP contribution in [0.2, 0.25) is 0 Å². The number of fused-ring (bicyclic) bond motifs is 3. The quantitative estimate of drug-likeness (QED) is 0.654. The highest BCUT2D eigenvalue weighted by atomic mass is 79.9. The van der Waals surface area contributed by atoms with Gasteiger partial charge in [0.1, 0.15) is 36.1 Å². The number of aliphatic hydroxyl groups is 1. The Labute approximate surface area is 168 Å². The van der Waals surface area contributed by atoms with Gasteiger partial charge in [0.05, 0.1) is 22.4 Å². The molecule has 0 saturated heterocycles. The monoisotopic (exact) mass is 452 g/mol. The maximum absolute atomic E-state index is 13.9. The minimum Gasteiger partial charge on any atom is -0.491 e. The van der Waals surface area contributed by atoms with Crippen LogP contribution in [0.1, 0.15) is 29.1 Å². The van der Waals surface area contributed by atoms with E-state index in [1.54, 1.807) is 35.8 Å². The van der Waals surface area contributed by atoms with E-state index in [2.05, 4.69) is 26.3 Å². The van der Waals surface area contributed by atoms with E-state index >= 15 is 0 Å². The van der Waals surface area contributed by atoms with Crippen molar-refractivity contribution in [1.29, 1.82) is 0 Å². The Balaban J connectivity index is 1.81. The van der Waals surface area contributed by atoms with Crippen LogP contribution in [0.15, 0.2) is 34.2 Å². The van der Waals surface area contributed by atoms with Crippen LogP contribution in [0.3, 0.4) is 0 Å². The van der Waals surface area contributed by atoms with Crippen LogP contribution >= 0.6 is 15.9 Å². The highest BCUT2D eigenvalue weighted by molar-refractivity contribution is 9.10. The number of aromatic nitrogens is 2. The van der Waals surface area contributed by atoms with Crippen molar-refractivity contribution in [2.75, 3.05) is 13.2 Å². The third-order valence-electron chi connectivity index (χ3n) is 4.91. The van der Waals surface area contributed by atoms with E-state index < -0.39 is 24.1 Å². The first-order valence-electron chi connectivity index (χ1n) is 8.58. The molecule has 2 unspecified atom stereocenters. The van der Waals surface area contributed by atoms with Crippen molar-refractivity contribution in [2.45, 2.75) is 19.2 Å². The zero-order chi connectivity index (χ0) is 20.2. The molecule has 10 heteroatoms. The van der Waals surface area contributed by atoms with E-state index in [1.807, 2.05) is 0 Å². The maximum Gasteiger partial charge on any atom is 0.353 e. The Bertz CT molecular complexity index is 1010. The van der Waals surface area contributed by atoms with Crippen molar-refractivity contribution in [3.05, 3.63) is 56.8 Å². The smallest absolute Gasteiger partial charge is 0.353 e. The number of carbonyl (C=O) groups is 1. The summed E-state index contributed by atoms with van der Waals surface area (Å²) in [5.74, 6) is -1.33. The fourth-order valence-corrected chi connectivity index (χ4v) is 4.06. The molecule has 0 saturated carbocycles. The zero-order valence-corrected chi connectivity index (χ0v) is 16.7. The fourth-order valence-electron chi connectivity index (χ4n) is 3.70. The third-order valence-corrected chi connectivity index (χ3v) is 5.52. The predicted octanol–water partition coefficient (Wildman–Crippen LogP) is 1.96. The lowest BCUT2D eigenvalue weighted by molar-refractivity contribution is -0.133. The van der Waals surface area contributed by atoms with E-state index in [0.29, 0.717) is 29.1 Å². The summed E-state index contributed by atoms with van der Waals surface area (Å²) >= 11 is 3.17. The molecule has 8 nitrogen and oxygen atoms in total. The summed E-state index contributed by atoms with van der Waals surface area (Å²) in [5.41, 5.74) is 1.82. The van der Waals surface area contributed by atoms with Gasteiger partial charge in [-0.2, -0.15) is 5.10 Å². The number of benzene rings is 1. The van der Waals surface area contributed by atoms with Crippen LogP contribution in [0.25, 0.3) is 0 Å². The van der Waals surface area contributed by atoms with Crippen LogP contribution in [-0.2, 0) is 11.8 Å². The number of carboxylic acid groups (broad SMARTS) is 1. The lowest BCUT2D eigenvalue weighted by Crippen LogP contribution is -2.32. The molecule has 0 bridgehead atoms. The number of halogens is 2. The second kappa shape index (κ2) is 6.78. The molecule has 0 fully saturated rings. The van der Waals surface area contributed by atoms with Gasteiger partial charge in [0.2, 0.25) is 0 Å². The molecule has 0 aliphatic carbocycles. The van der Waals surface area contributed by atoms with Crippen LogP contribution in [-0.4, -0.2) is 44.0 Å². The average Bonchev–Trinajstić information content (AvgIpc) is 3.12. The van der Waals surface area contributed by atoms with E-state index in [1.165, 1.54) is 6.07 Å². The average molecular weight is 453 g/mol. The van der Waals surface area contributed by atoms with Gasteiger partial charge in [0.25, 0.3) is 0 Å². The van der Waals surface area contributed by atoms with E-state index in [-0.39, 0.29) is 22.5 Å². The molecule has 3 heterocycles. The Morgan fingerprint density at radius 1 is 1.50 bits per heavy atom. The summed E-state index contributed by atoms with van der Waals surface area (Å²) in [4.78, 5) is 13.7. The van der Waals surface area contributed by atoms with Crippen LogP contribution in [0.4, 0.5) is 4.39 Å². The zero-order valence-electron chi connectivity index (χ0n) is 15.1. The molecule has 2 aliphatic rings. The molecular formula is C18H18BrFN4O4. The summed E-state index contributed by atoms with van der Waals surface area (Å²) in [7, 11) is 1.73. The Hall–Kier alpha value is -2.59. The first-order chi connectivity index (χ1) is 13.3. The van der Waals surface area contributed by atoms with E-state index in [0.717, 1.165) is 0 Å². The summed E-state index contributed by atoms with van der Waals surface area (Å²) in [6.45, 7) is 2.27. The number of ether oxygens (including phenoxy) is 1. The third kappa shape index (κ3) is 2.92. The molecule has 0 radical (unpaired) electrons. The molecular weight excluding hydrogens is 435 g/mol. The largest absolute Gasteiger partial charge is 0.491 e. The van der Waals surface area contributed by atoms with Crippen LogP contribution in [0.5, 0.6) is 5.75 Å². The van der Waals surface area contributed by atoms with Gasteiger partial charge in [-0.05, 0) is 28.9 Å². The molecule has 0 spiro atoms. The number of nitrogens with zero attached hydrogens (tertiary/aromatic N) is 3. The number of hydrogen-bond donors (Lipinski definition) is 3. The molecule has 0 amide bonds. The Kier molecular flexibility index (Phi) is 4.54. The first kappa shape index (κ1) is 18.8. The second-order valence-corrected chi connectivity index (χ2v) is 7.56. The standard InChI is InChI=1S/C18H18BrFN4O4/c1-8-10(7-23(2)22-8)16(25)15-14(18(26)27)21-17-9-5-11(19)12(20)6-13(9)28-4-3-24(15)17/h5-7,16-17,21,25H,3-4H2,1-2H3,(H,26,27). The highest BCUT2D eigenvalue weighted by Gasteiger charge is 2.42. The number of nitrogens with one attached hydrogen (secondary N) is 1. The second-order valence-electron chi connectivity index (χ2n) is 6.70. The number of aliphatic hydroxyl groups excluding tert-OH is 1. The molecule has 1 aromatic heterocycles. The summed E-state index contributed by atoms with van der Waals surface area (Å²) in [5, 5.41) is 28.0. The molecule has 4 rings (SSSR count). The number of aliphatic carboxylic acids is 1. The molecule has 2 aliphatic heterocycles. The fraction of sp³-hybridized carbons (Fsp3) is 0.333. The van der Waals surface area contributed by atoms with Gasteiger partial charge in [-0.15, -0.1) is 0 Å². The number of hydrogen-bond acceptors (Lipinski definition) is 6. The number of carboxylic acids is 1. The first-order valence-corrected chi connectivity index (χ1v) is 9.37. The van der Waals surface area contributed by atoms with Crippen molar-refractivity contribution in [3.8, 4) is 5.75 Å². The SMILES string of the molecule is Cc1nn(C)cc1C(O)C1=C(C(=O)O)NC2c3cc(Br)c(F)cc3OCCN12. The van der Waals surface area contributed by atoms with Crippen molar-refractivity contribution < 1.29 is 24.1 Å². The lowest BCUT2D eigenvalue weighted by Gasteiger charge is -2.29. The summed E-state index contributed by atoms with van der Waals surface area (Å²) < 4.78 is 21.4. The lowest BCUT2D eigenvalue weighted by atomic mass is 10.1. The van der Waals surface area contributed by atoms with Gasteiger partial charge in [-0.1, -0.05) is 0 Å². The molecule has 1 aromatic carbocycles. The van der Waals surface area contributed by atoms with Gasteiger partial charge in [0.15, 0.2) is 0 Å². The minimum absolute atomic E-state index is 0.103. The molecule has 2 atom stereocenters. The van der Waals surface area contributed by atoms with Crippen molar-refractivity contribution in [1.82, 2.24) is 20.0 Å². The van der Waals surface area contributed by atoms with Gasteiger partial charge in [0, 0.05) is 30.4 Å². The molecule has 3 N–H and O–H groups in total. The molecule has 148 valence electrons. The number of aryl methyl sites for hydroxylation is 2. The van der Waals surface area contributed by atoms with Gasteiger partial charge in [-0.3, -0.25) is 4.68 Å². The van der Waals surface area contributed by atoms with Gasteiger partial charge in [-0.25, -0.2) is 9.18 Å². The summed E-state index contributed by atoms with van der Waals surface area (Å²) in [6, 6.07) is 2.83. The van der Waals surface area contributed by atoms with Gasteiger partial charge < -0.3 is 25.2 Å². The topological polar surface area (TPSA) is 99.8 Å². The minimum atomic E-state index is -1.19. The van der Waals surface area contributed by atoms with Crippen molar-refractivity contribution >= 4 is 21.9 Å². The highest BCUT2D eigenvalue weighted by Crippen LogP contribution is 2.43. The van der Waals surface area contributed by atoms with Crippen molar-refractivity contribution in [2.24, 2.45) is 7.05 Å². The van der Waals surface area contributed by atoms with Crippen LogP contribution < -0.4 is 10.1 Å². The Morgan fingerprint density at radius 2 is 2.25 bits per heavy atom. The van der Waals surface area contributed by atoms with E-state index in [9.17, 15) is 19.4 Å². The van der Waals surface area contributed by atoms with Gasteiger partial charge >= 0.3 is 5.97 Å². The van der Waals surface area contributed by atoms with Crippen molar-refractivity contribution in [3.63, 3.8) is 0 Å². The summed E-state index contributed by atoms with van der Waals surface area (Å²) in [6.07, 6.45) is -0.140. The van der Waals surface area contributed by atoms with Crippen LogP contribution in [0, 0.1) is 12.7 Å². The normalized spacial score (nSPS) is 19.5. The number of rotatable bonds is 3. The van der Waals surface area contributed by atoms with E-state index in [4.69, 9.17) is 4.74 Å². The Morgan fingerprint density at radius 3 is 2.89 bits per heavy atom. The predicted molar refractivity (Wildman–Crippen MR) is 99.7 cm³/mol. The molecule has 2 aromatic rings. The maximum atomic E-state index is 13.9.